The fraction of sp³-hybridized carbons (Fsp3) is 0.647. The van der Waals surface area contributed by atoms with Gasteiger partial charge in [0.2, 0.25) is 0 Å². The molecule has 19 heavy (non-hydrogen) atoms. The molecule has 2 atom stereocenters. The number of unbranched alkanes of at least 4 members (excludes halogenated alkanes) is 1. The van der Waals surface area contributed by atoms with Crippen molar-refractivity contribution >= 4 is 11.6 Å². The fourth-order valence-corrected chi connectivity index (χ4v) is 2.72. The number of nitrogens with one attached hydrogen (secondary N) is 1. The maximum Gasteiger partial charge on any atom is 0.0406 e. The lowest BCUT2D eigenvalue weighted by Gasteiger charge is -2.22. The molecule has 1 rings (SSSR count). The highest BCUT2D eigenvalue weighted by Gasteiger charge is 2.14. The second-order valence-electron chi connectivity index (χ2n) is 5.47. The number of likely N-dealkylation sites (N-methyl/N-ethyl adjacent to an activating group) is 1. The SMILES string of the molecule is CCCCC(CC)CC(Cc1ccc(Cl)cc1)NC. The second kappa shape index (κ2) is 9.39. The Labute approximate surface area is 123 Å². The van der Waals surface area contributed by atoms with Gasteiger partial charge < -0.3 is 5.32 Å². The van der Waals surface area contributed by atoms with Crippen molar-refractivity contribution in [2.24, 2.45) is 5.92 Å². The van der Waals surface area contributed by atoms with Crippen LogP contribution >= 0.6 is 11.6 Å². The average Bonchev–Trinajstić information content (AvgIpc) is 2.44. The van der Waals surface area contributed by atoms with Gasteiger partial charge in [-0.3, -0.25) is 0 Å². The van der Waals surface area contributed by atoms with Gasteiger partial charge in [-0.1, -0.05) is 63.3 Å². The van der Waals surface area contributed by atoms with Crippen LogP contribution in [-0.4, -0.2) is 13.1 Å². The van der Waals surface area contributed by atoms with Gasteiger partial charge in [0.1, 0.15) is 0 Å². The number of rotatable bonds is 9. The van der Waals surface area contributed by atoms with E-state index in [0.29, 0.717) is 6.04 Å². The van der Waals surface area contributed by atoms with E-state index >= 15 is 0 Å². The first-order valence-corrected chi connectivity index (χ1v) is 7.99. The molecule has 1 N–H and O–H groups in total. The van der Waals surface area contributed by atoms with Gasteiger partial charge in [0.25, 0.3) is 0 Å². The van der Waals surface area contributed by atoms with Crippen LogP contribution in [-0.2, 0) is 6.42 Å². The molecule has 0 amide bonds. The van der Waals surface area contributed by atoms with Crippen LogP contribution in [0.3, 0.4) is 0 Å². The molecule has 0 aromatic heterocycles. The quantitative estimate of drug-likeness (QED) is 0.666. The summed E-state index contributed by atoms with van der Waals surface area (Å²) in [6, 6.07) is 8.82. The van der Waals surface area contributed by atoms with Gasteiger partial charge in [-0.2, -0.15) is 0 Å². The van der Waals surface area contributed by atoms with E-state index < -0.39 is 0 Å². The molecule has 0 saturated heterocycles. The summed E-state index contributed by atoms with van der Waals surface area (Å²) in [5.41, 5.74) is 1.37. The van der Waals surface area contributed by atoms with Crippen molar-refractivity contribution < 1.29 is 0 Å². The van der Waals surface area contributed by atoms with Crippen molar-refractivity contribution in [2.45, 2.75) is 58.4 Å². The third kappa shape index (κ3) is 6.44. The number of hydrogen-bond donors (Lipinski definition) is 1. The normalized spacial score (nSPS) is 14.3. The summed E-state index contributed by atoms with van der Waals surface area (Å²) in [5, 5.41) is 4.29. The van der Waals surface area contributed by atoms with E-state index in [-0.39, 0.29) is 0 Å². The van der Waals surface area contributed by atoms with E-state index in [0.717, 1.165) is 17.4 Å². The summed E-state index contributed by atoms with van der Waals surface area (Å²) >= 11 is 5.93. The molecular formula is C17H28ClN. The van der Waals surface area contributed by atoms with E-state index in [1.165, 1.54) is 37.7 Å². The Hall–Kier alpha value is -0.530. The summed E-state index contributed by atoms with van der Waals surface area (Å²) in [7, 11) is 2.08. The molecule has 0 heterocycles. The standard InChI is InChI=1S/C17H28ClN/c1-4-6-7-14(5-2)12-17(19-3)13-15-8-10-16(18)11-9-15/h8-11,14,17,19H,4-7,12-13H2,1-3H3. The van der Waals surface area contributed by atoms with Crippen molar-refractivity contribution in [1.82, 2.24) is 5.32 Å². The Balaban J connectivity index is 2.49. The first kappa shape index (κ1) is 16.5. The van der Waals surface area contributed by atoms with Crippen molar-refractivity contribution in [3.05, 3.63) is 34.9 Å². The smallest absolute Gasteiger partial charge is 0.0406 e. The monoisotopic (exact) mass is 281 g/mol. The third-order valence-corrected chi connectivity index (χ3v) is 4.22. The molecule has 1 nitrogen and oxygen atoms in total. The zero-order valence-corrected chi connectivity index (χ0v) is 13.3. The first-order chi connectivity index (χ1) is 9.19. The number of hydrogen-bond acceptors (Lipinski definition) is 1. The molecule has 0 fully saturated rings. The summed E-state index contributed by atoms with van der Waals surface area (Å²) in [4.78, 5) is 0. The summed E-state index contributed by atoms with van der Waals surface area (Å²) in [6.45, 7) is 4.59. The van der Waals surface area contributed by atoms with Crippen LogP contribution in [0.4, 0.5) is 0 Å². The maximum atomic E-state index is 5.93. The molecule has 0 saturated carbocycles. The van der Waals surface area contributed by atoms with Crippen LogP contribution in [0.2, 0.25) is 5.02 Å². The molecule has 1 aromatic carbocycles. The first-order valence-electron chi connectivity index (χ1n) is 7.61. The van der Waals surface area contributed by atoms with Crippen molar-refractivity contribution in [3.63, 3.8) is 0 Å². The van der Waals surface area contributed by atoms with Crippen LogP contribution in [0.15, 0.2) is 24.3 Å². The molecule has 0 aliphatic heterocycles. The van der Waals surface area contributed by atoms with Crippen molar-refractivity contribution in [2.75, 3.05) is 7.05 Å². The van der Waals surface area contributed by atoms with E-state index in [2.05, 4.69) is 38.3 Å². The van der Waals surface area contributed by atoms with Crippen molar-refractivity contribution in [1.29, 1.82) is 0 Å². The average molecular weight is 282 g/mol. The van der Waals surface area contributed by atoms with Gasteiger partial charge in [0.05, 0.1) is 0 Å². The largest absolute Gasteiger partial charge is 0.317 e. The van der Waals surface area contributed by atoms with E-state index in [1.54, 1.807) is 0 Å². The van der Waals surface area contributed by atoms with E-state index in [4.69, 9.17) is 11.6 Å². The highest BCUT2D eigenvalue weighted by Crippen LogP contribution is 2.20. The second-order valence-corrected chi connectivity index (χ2v) is 5.90. The molecule has 0 spiro atoms. The molecule has 0 aliphatic carbocycles. The fourth-order valence-electron chi connectivity index (χ4n) is 2.59. The minimum absolute atomic E-state index is 0.572. The molecular weight excluding hydrogens is 254 g/mol. The van der Waals surface area contributed by atoms with E-state index in [1.807, 2.05) is 12.1 Å². The number of benzene rings is 1. The number of halogens is 1. The Kier molecular flexibility index (Phi) is 8.16. The summed E-state index contributed by atoms with van der Waals surface area (Å²) in [6.07, 6.45) is 7.68. The molecule has 0 radical (unpaired) electrons. The highest BCUT2D eigenvalue weighted by atomic mass is 35.5. The lowest BCUT2D eigenvalue weighted by atomic mass is 9.89. The summed E-state index contributed by atoms with van der Waals surface area (Å²) < 4.78 is 0. The van der Waals surface area contributed by atoms with Gasteiger partial charge in [-0.05, 0) is 43.5 Å². The minimum Gasteiger partial charge on any atom is -0.317 e. The lowest BCUT2D eigenvalue weighted by Crippen LogP contribution is -2.30. The van der Waals surface area contributed by atoms with Crippen molar-refractivity contribution in [3.8, 4) is 0 Å². The van der Waals surface area contributed by atoms with E-state index in [9.17, 15) is 0 Å². The topological polar surface area (TPSA) is 12.0 Å². The Morgan fingerprint density at radius 1 is 1.16 bits per heavy atom. The van der Waals surface area contributed by atoms with Crippen LogP contribution in [0.25, 0.3) is 0 Å². The Morgan fingerprint density at radius 3 is 2.37 bits per heavy atom. The minimum atomic E-state index is 0.572. The van der Waals surface area contributed by atoms with Crippen LogP contribution in [0.5, 0.6) is 0 Å². The van der Waals surface area contributed by atoms with Crippen LogP contribution in [0.1, 0.15) is 51.5 Å². The molecule has 0 bridgehead atoms. The predicted octanol–water partition coefficient (Wildman–Crippen LogP) is 5.08. The molecule has 108 valence electrons. The third-order valence-electron chi connectivity index (χ3n) is 3.96. The van der Waals surface area contributed by atoms with Crippen LogP contribution < -0.4 is 5.32 Å². The van der Waals surface area contributed by atoms with Gasteiger partial charge >= 0.3 is 0 Å². The van der Waals surface area contributed by atoms with Gasteiger partial charge in [-0.15, -0.1) is 0 Å². The highest BCUT2D eigenvalue weighted by molar-refractivity contribution is 6.30. The zero-order chi connectivity index (χ0) is 14.1. The van der Waals surface area contributed by atoms with Gasteiger partial charge in [-0.25, -0.2) is 0 Å². The maximum absolute atomic E-state index is 5.93. The Morgan fingerprint density at radius 2 is 1.84 bits per heavy atom. The van der Waals surface area contributed by atoms with Gasteiger partial charge in [0.15, 0.2) is 0 Å². The summed E-state index contributed by atoms with van der Waals surface area (Å²) in [5.74, 6) is 0.852. The molecule has 2 heteroatoms. The Bertz CT molecular complexity index is 334. The molecule has 2 unspecified atom stereocenters. The van der Waals surface area contributed by atoms with Gasteiger partial charge in [0, 0.05) is 11.1 Å². The predicted molar refractivity (Wildman–Crippen MR) is 85.9 cm³/mol. The zero-order valence-electron chi connectivity index (χ0n) is 12.6. The lowest BCUT2D eigenvalue weighted by molar-refractivity contribution is 0.358. The molecule has 0 aliphatic rings. The molecule has 1 aromatic rings. The van der Waals surface area contributed by atoms with Crippen LogP contribution in [0, 0.1) is 5.92 Å².